The molecule has 0 saturated carbocycles. The Hall–Kier alpha value is -1.84. The lowest BCUT2D eigenvalue weighted by atomic mass is 10.1. The van der Waals surface area contributed by atoms with E-state index in [9.17, 15) is 9.59 Å². The van der Waals surface area contributed by atoms with Gasteiger partial charge in [-0.15, -0.1) is 0 Å². The van der Waals surface area contributed by atoms with E-state index in [2.05, 4.69) is 0 Å². The van der Waals surface area contributed by atoms with Crippen molar-refractivity contribution in [2.24, 2.45) is 0 Å². The number of carboxylic acids is 1. The van der Waals surface area contributed by atoms with E-state index in [-0.39, 0.29) is 18.4 Å². The standard InChI is InChI=1S/C12H13NO3/c1-8(14)13-10(7-12(15)16)6-9-4-2-3-5-11(9)13/h2-5,10H,6-7H2,1H3,(H,15,16)/t10-/m1/s1. The first-order chi connectivity index (χ1) is 7.59. The van der Waals surface area contributed by atoms with Crippen molar-refractivity contribution in [2.75, 3.05) is 4.90 Å². The molecule has 1 aromatic carbocycles. The number of para-hydroxylation sites is 1. The minimum atomic E-state index is -0.871. The maximum Gasteiger partial charge on any atom is 0.305 e. The van der Waals surface area contributed by atoms with Crippen LogP contribution in [-0.4, -0.2) is 23.0 Å². The predicted molar refractivity (Wildman–Crippen MR) is 59.3 cm³/mol. The first-order valence-electron chi connectivity index (χ1n) is 5.19. The third kappa shape index (κ3) is 1.78. The van der Waals surface area contributed by atoms with E-state index in [1.165, 1.54) is 6.92 Å². The fourth-order valence-electron chi connectivity index (χ4n) is 2.25. The number of carboxylic acid groups (broad SMARTS) is 1. The fourth-order valence-corrected chi connectivity index (χ4v) is 2.25. The molecule has 1 aliphatic rings. The highest BCUT2D eigenvalue weighted by Gasteiger charge is 2.32. The number of nitrogens with zero attached hydrogens (tertiary/aromatic N) is 1. The SMILES string of the molecule is CC(=O)N1c2ccccc2C[C@@H]1CC(=O)O. The van der Waals surface area contributed by atoms with Crippen LogP contribution in [-0.2, 0) is 16.0 Å². The highest BCUT2D eigenvalue weighted by molar-refractivity contribution is 5.95. The lowest BCUT2D eigenvalue weighted by molar-refractivity contribution is -0.137. The minimum Gasteiger partial charge on any atom is -0.481 e. The van der Waals surface area contributed by atoms with Crippen molar-refractivity contribution in [1.82, 2.24) is 0 Å². The summed E-state index contributed by atoms with van der Waals surface area (Å²) in [6.45, 7) is 1.47. The Balaban J connectivity index is 2.33. The molecule has 0 bridgehead atoms. The lowest BCUT2D eigenvalue weighted by Gasteiger charge is -2.22. The summed E-state index contributed by atoms with van der Waals surface area (Å²) in [5.74, 6) is -0.972. The van der Waals surface area contributed by atoms with Crippen molar-refractivity contribution in [3.63, 3.8) is 0 Å². The molecule has 1 atom stereocenters. The molecule has 0 aliphatic carbocycles. The third-order valence-electron chi connectivity index (χ3n) is 2.82. The third-order valence-corrected chi connectivity index (χ3v) is 2.82. The topological polar surface area (TPSA) is 57.6 Å². The van der Waals surface area contributed by atoms with Gasteiger partial charge in [-0.2, -0.15) is 0 Å². The van der Waals surface area contributed by atoms with Gasteiger partial charge in [0.1, 0.15) is 0 Å². The molecule has 0 unspecified atom stereocenters. The molecular formula is C12H13NO3. The van der Waals surface area contributed by atoms with Gasteiger partial charge in [-0.25, -0.2) is 0 Å². The predicted octanol–water partition coefficient (Wildman–Crippen LogP) is 1.44. The normalized spacial score (nSPS) is 18.3. The van der Waals surface area contributed by atoms with Crippen LogP contribution in [0.1, 0.15) is 18.9 Å². The molecule has 0 saturated heterocycles. The van der Waals surface area contributed by atoms with Gasteiger partial charge in [0, 0.05) is 12.6 Å². The van der Waals surface area contributed by atoms with Crippen LogP contribution in [0.2, 0.25) is 0 Å². The molecule has 84 valence electrons. The number of carbonyl (C=O) groups excluding carboxylic acids is 1. The quantitative estimate of drug-likeness (QED) is 0.818. The number of fused-ring (bicyclic) bond motifs is 1. The Morgan fingerprint density at radius 2 is 2.12 bits per heavy atom. The molecule has 0 spiro atoms. The minimum absolute atomic E-state index is 0.00569. The summed E-state index contributed by atoms with van der Waals surface area (Å²) in [5.41, 5.74) is 1.89. The molecular weight excluding hydrogens is 206 g/mol. The van der Waals surface area contributed by atoms with E-state index in [0.717, 1.165) is 11.3 Å². The second-order valence-electron chi connectivity index (χ2n) is 3.97. The molecule has 0 aromatic heterocycles. The molecule has 0 fully saturated rings. The average molecular weight is 219 g/mol. The summed E-state index contributed by atoms with van der Waals surface area (Å²) in [4.78, 5) is 23.9. The Bertz CT molecular complexity index is 442. The lowest BCUT2D eigenvalue weighted by Crippen LogP contribution is -2.37. The average Bonchev–Trinajstić information content (AvgIpc) is 2.53. The molecule has 1 aliphatic heterocycles. The number of rotatable bonds is 2. The summed E-state index contributed by atoms with van der Waals surface area (Å²) in [6, 6.07) is 7.32. The van der Waals surface area contributed by atoms with Gasteiger partial charge >= 0.3 is 5.97 Å². The Labute approximate surface area is 93.5 Å². The number of aliphatic carboxylic acids is 1. The van der Waals surface area contributed by atoms with Crippen molar-refractivity contribution in [3.05, 3.63) is 29.8 Å². The van der Waals surface area contributed by atoms with E-state index >= 15 is 0 Å². The van der Waals surface area contributed by atoms with E-state index in [1.54, 1.807) is 4.90 Å². The van der Waals surface area contributed by atoms with E-state index in [0.29, 0.717) is 6.42 Å². The number of benzene rings is 1. The van der Waals surface area contributed by atoms with Gasteiger partial charge < -0.3 is 10.0 Å². The van der Waals surface area contributed by atoms with Gasteiger partial charge in [0.05, 0.1) is 12.5 Å². The number of hydrogen-bond acceptors (Lipinski definition) is 2. The zero-order valence-corrected chi connectivity index (χ0v) is 9.01. The van der Waals surface area contributed by atoms with Gasteiger partial charge in [0.2, 0.25) is 5.91 Å². The van der Waals surface area contributed by atoms with E-state index in [4.69, 9.17) is 5.11 Å². The van der Waals surface area contributed by atoms with Gasteiger partial charge in [-0.05, 0) is 18.1 Å². The van der Waals surface area contributed by atoms with Gasteiger partial charge in [-0.3, -0.25) is 9.59 Å². The molecule has 2 rings (SSSR count). The highest BCUT2D eigenvalue weighted by atomic mass is 16.4. The van der Waals surface area contributed by atoms with Crippen LogP contribution in [0.25, 0.3) is 0 Å². The summed E-state index contributed by atoms with van der Waals surface area (Å²) < 4.78 is 0. The zero-order chi connectivity index (χ0) is 11.7. The van der Waals surface area contributed by atoms with Crippen molar-refractivity contribution in [1.29, 1.82) is 0 Å². The Kier molecular flexibility index (Phi) is 2.64. The monoisotopic (exact) mass is 219 g/mol. The van der Waals surface area contributed by atoms with Crippen LogP contribution in [0.3, 0.4) is 0 Å². The molecule has 1 N–H and O–H groups in total. The zero-order valence-electron chi connectivity index (χ0n) is 9.01. The van der Waals surface area contributed by atoms with Crippen LogP contribution >= 0.6 is 0 Å². The maximum atomic E-state index is 11.5. The molecule has 1 aromatic rings. The molecule has 4 nitrogen and oxygen atoms in total. The molecule has 1 amide bonds. The van der Waals surface area contributed by atoms with Gasteiger partial charge in [-0.1, -0.05) is 18.2 Å². The molecule has 0 radical (unpaired) electrons. The van der Waals surface area contributed by atoms with Crippen molar-refractivity contribution >= 4 is 17.6 Å². The van der Waals surface area contributed by atoms with Crippen LogP contribution in [0.5, 0.6) is 0 Å². The molecule has 16 heavy (non-hydrogen) atoms. The Morgan fingerprint density at radius 1 is 1.44 bits per heavy atom. The van der Waals surface area contributed by atoms with Crippen molar-refractivity contribution < 1.29 is 14.7 Å². The second-order valence-corrected chi connectivity index (χ2v) is 3.97. The largest absolute Gasteiger partial charge is 0.481 e. The Morgan fingerprint density at radius 3 is 2.75 bits per heavy atom. The first-order valence-corrected chi connectivity index (χ1v) is 5.19. The van der Waals surface area contributed by atoms with Crippen LogP contribution < -0.4 is 4.90 Å². The smallest absolute Gasteiger partial charge is 0.305 e. The summed E-state index contributed by atoms with van der Waals surface area (Å²) in [7, 11) is 0. The second kappa shape index (κ2) is 3.96. The van der Waals surface area contributed by atoms with Crippen LogP contribution in [0.4, 0.5) is 5.69 Å². The van der Waals surface area contributed by atoms with Crippen molar-refractivity contribution in [3.8, 4) is 0 Å². The highest BCUT2D eigenvalue weighted by Crippen LogP contribution is 2.33. The fraction of sp³-hybridized carbons (Fsp3) is 0.333. The maximum absolute atomic E-state index is 11.5. The molecule has 1 heterocycles. The summed E-state index contributed by atoms with van der Waals surface area (Å²) in [5, 5.41) is 8.81. The van der Waals surface area contributed by atoms with Crippen LogP contribution in [0, 0.1) is 0 Å². The first kappa shape index (κ1) is 10.7. The van der Waals surface area contributed by atoms with Crippen LogP contribution in [0.15, 0.2) is 24.3 Å². The summed E-state index contributed by atoms with van der Waals surface area (Å²) >= 11 is 0. The summed E-state index contributed by atoms with van der Waals surface area (Å²) in [6.07, 6.45) is 0.621. The number of carbonyl (C=O) groups is 2. The van der Waals surface area contributed by atoms with E-state index < -0.39 is 5.97 Å². The number of anilines is 1. The number of hydrogen-bond donors (Lipinski definition) is 1. The number of amides is 1. The van der Waals surface area contributed by atoms with Gasteiger partial charge in [0.25, 0.3) is 0 Å². The molecule has 4 heteroatoms. The van der Waals surface area contributed by atoms with E-state index in [1.807, 2.05) is 24.3 Å². The van der Waals surface area contributed by atoms with Gasteiger partial charge in [0.15, 0.2) is 0 Å². The van der Waals surface area contributed by atoms with Crippen molar-refractivity contribution in [2.45, 2.75) is 25.8 Å².